The lowest BCUT2D eigenvalue weighted by Gasteiger charge is -2.09. The number of hydrogen-bond acceptors (Lipinski definition) is 2. The summed E-state index contributed by atoms with van der Waals surface area (Å²) in [6.07, 6.45) is 2.41. The number of nitrogens with zero attached hydrogens (tertiary/aromatic N) is 1. The van der Waals surface area contributed by atoms with Crippen LogP contribution in [0.4, 0.5) is 4.39 Å². The number of nitrogens with one attached hydrogen (secondary N) is 2. The SMILES string of the molecule is Cn1ccc2cc(-c3ccc(C4CCNC4=O)c(=O)[nH]3)cc(F)c21. The van der Waals surface area contributed by atoms with Crippen LogP contribution in [-0.4, -0.2) is 22.0 Å². The second-order valence-electron chi connectivity index (χ2n) is 6.11. The van der Waals surface area contributed by atoms with E-state index in [9.17, 15) is 14.0 Å². The predicted octanol–water partition coefficient (Wildman–Crippen LogP) is 2.28. The zero-order valence-corrected chi connectivity index (χ0v) is 13.1. The Hall–Kier alpha value is -2.89. The van der Waals surface area contributed by atoms with Gasteiger partial charge in [-0.05, 0) is 30.7 Å². The lowest BCUT2D eigenvalue weighted by atomic mass is 9.98. The highest BCUT2D eigenvalue weighted by atomic mass is 19.1. The van der Waals surface area contributed by atoms with E-state index >= 15 is 0 Å². The van der Waals surface area contributed by atoms with Crippen molar-refractivity contribution in [2.45, 2.75) is 12.3 Å². The van der Waals surface area contributed by atoms with E-state index < -0.39 is 5.92 Å². The normalized spacial score (nSPS) is 17.4. The molecule has 1 aromatic carbocycles. The molecule has 0 saturated carbocycles. The number of H-pyrrole nitrogens is 1. The third kappa shape index (κ3) is 2.22. The van der Waals surface area contributed by atoms with Crippen molar-refractivity contribution in [2.24, 2.45) is 7.05 Å². The molecule has 1 amide bonds. The summed E-state index contributed by atoms with van der Waals surface area (Å²) in [7, 11) is 1.79. The molecule has 122 valence electrons. The van der Waals surface area contributed by atoms with Gasteiger partial charge in [0.15, 0.2) is 0 Å². The van der Waals surface area contributed by atoms with E-state index in [2.05, 4.69) is 10.3 Å². The molecule has 0 aliphatic carbocycles. The second kappa shape index (κ2) is 5.33. The number of pyridine rings is 1. The molecule has 3 aromatic rings. The average Bonchev–Trinajstić information content (AvgIpc) is 3.14. The van der Waals surface area contributed by atoms with Gasteiger partial charge in [-0.15, -0.1) is 0 Å². The van der Waals surface area contributed by atoms with Crippen LogP contribution < -0.4 is 10.9 Å². The van der Waals surface area contributed by atoms with Gasteiger partial charge in [-0.1, -0.05) is 6.07 Å². The van der Waals surface area contributed by atoms with Crippen LogP contribution in [-0.2, 0) is 11.8 Å². The molecular weight excluding hydrogens is 309 g/mol. The Morgan fingerprint density at radius 2 is 2.04 bits per heavy atom. The van der Waals surface area contributed by atoms with Crippen LogP contribution in [0.3, 0.4) is 0 Å². The van der Waals surface area contributed by atoms with Crippen molar-refractivity contribution in [1.82, 2.24) is 14.9 Å². The first-order chi connectivity index (χ1) is 11.5. The number of carbonyl (C=O) groups is 1. The summed E-state index contributed by atoms with van der Waals surface area (Å²) in [5.41, 5.74) is 1.82. The number of rotatable bonds is 2. The van der Waals surface area contributed by atoms with Crippen LogP contribution in [0.1, 0.15) is 17.9 Å². The van der Waals surface area contributed by atoms with Crippen molar-refractivity contribution < 1.29 is 9.18 Å². The number of hydrogen-bond donors (Lipinski definition) is 2. The summed E-state index contributed by atoms with van der Waals surface area (Å²) in [6.45, 7) is 0.584. The number of benzene rings is 1. The molecular formula is C18H16FN3O2. The first kappa shape index (κ1) is 14.7. The predicted molar refractivity (Wildman–Crippen MR) is 89.3 cm³/mol. The molecule has 2 N–H and O–H groups in total. The zero-order chi connectivity index (χ0) is 16.8. The van der Waals surface area contributed by atoms with Crippen molar-refractivity contribution in [3.05, 3.63) is 58.3 Å². The largest absolute Gasteiger partial charge is 0.356 e. The number of amides is 1. The highest BCUT2D eigenvalue weighted by Gasteiger charge is 2.28. The van der Waals surface area contributed by atoms with Gasteiger partial charge in [-0.25, -0.2) is 4.39 Å². The van der Waals surface area contributed by atoms with Crippen LogP contribution >= 0.6 is 0 Å². The third-order valence-electron chi connectivity index (χ3n) is 4.60. The molecule has 1 atom stereocenters. The minimum Gasteiger partial charge on any atom is -0.356 e. The van der Waals surface area contributed by atoms with Gasteiger partial charge < -0.3 is 14.9 Å². The van der Waals surface area contributed by atoms with Crippen molar-refractivity contribution in [1.29, 1.82) is 0 Å². The van der Waals surface area contributed by atoms with E-state index in [0.717, 1.165) is 5.39 Å². The molecule has 0 spiro atoms. The highest BCUT2D eigenvalue weighted by molar-refractivity contribution is 5.86. The van der Waals surface area contributed by atoms with E-state index in [1.165, 1.54) is 6.07 Å². The Labute approximate surface area is 137 Å². The molecule has 1 aliphatic rings. The summed E-state index contributed by atoms with van der Waals surface area (Å²) in [4.78, 5) is 26.9. The maximum atomic E-state index is 14.3. The van der Waals surface area contributed by atoms with Gasteiger partial charge in [0.2, 0.25) is 5.91 Å². The fourth-order valence-corrected chi connectivity index (χ4v) is 3.36. The van der Waals surface area contributed by atoms with Crippen LogP contribution in [0.15, 0.2) is 41.3 Å². The number of aromatic amines is 1. The van der Waals surface area contributed by atoms with Crippen molar-refractivity contribution in [3.8, 4) is 11.3 Å². The van der Waals surface area contributed by atoms with E-state index in [1.54, 1.807) is 29.9 Å². The summed E-state index contributed by atoms with van der Waals surface area (Å²) >= 11 is 0. The van der Waals surface area contributed by atoms with E-state index in [0.29, 0.717) is 35.3 Å². The van der Waals surface area contributed by atoms with Gasteiger partial charge in [0.25, 0.3) is 5.56 Å². The molecule has 0 bridgehead atoms. The van der Waals surface area contributed by atoms with Gasteiger partial charge in [0.05, 0.1) is 11.4 Å². The number of carbonyl (C=O) groups excluding carboxylic acids is 1. The second-order valence-corrected chi connectivity index (χ2v) is 6.11. The van der Waals surface area contributed by atoms with Crippen molar-refractivity contribution in [2.75, 3.05) is 6.54 Å². The Morgan fingerprint density at radius 3 is 2.75 bits per heavy atom. The Balaban J connectivity index is 1.79. The number of halogens is 1. The maximum Gasteiger partial charge on any atom is 0.252 e. The van der Waals surface area contributed by atoms with Gasteiger partial charge in [-0.2, -0.15) is 0 Å². The standard InChI is InChI=1S/C18H16FN3O2/c1-22-7-5-10-8-11(9-14(19)16(10)22)15-3-2-12(18(24)21-15)13-4-6-20-17(13)23/h2-3,5,7-9,13H,4,6H2,1H3,(H,20,23)(H,21,24). The lowest BCUT2D eigenvalue weighted by molar-refractivity contribution is -0.120. The molecule has 2 aromatic heterocycles. The van der Waals surface area contributed by atoms with E-state index in [1.807, 2.05) is 12.1 Å². The molecule has 3 heterocycles. The molecule has 24 heavy (non-hydrogen) atoms. The number of aryl methyl sites for hydroxylation is 1. The zero-order valence-electron chi connectivity index (χ0n) is 13.1. The molecule has 1 saturated heterocycles. The van der Waals surface area contributed by atoms with Crippen LogP contribution in [0.5, 0.6) is 0 Å². The van der Waals surface area contributed by atoms with E-state index in [-0.39, 0.29) is 17.3 Å². The fraction of sp³-hybridized carbons (Fsp3) is 0.222. The number of aromatic nitrogens is 2. The Morgan fingerprint density at radius 1 is 1.21 bits per heavy atom. The molecule has 4 rings (SSSR count). The van der Waals surface area contributed by atoms with Crippen LogP contribution in [0, 0.1) is 5.82 Å². The minimum absolute atomic E-state index is 0.120. The highest BCUT2D eigenvalue weighted by Crippen LogP contribution is 2.27. The summed E-state index contributed by atoms with van der Waals surface area (Å²) in [5, 5.41) is 3.50. The van der Waals surface area contributed by atoms with Gasteiger partial charge in [0.1, 0.15) is 5.82 Å². The first-order valence-electron chi connectivity index (χ1n) is 7.80. The molecule has 6 heteroatoms. The third-order valence-corrected chi connectivity index (χ3v) is 4.60. The summed E-state index contributed by atoms with van der Waals surface area (Å²) in [6, 6.07) is 8.47. The van der Waals surface area contributed by atoms with Gasteiger partial charge in [-0.3, -0.25) is 9.59 Å². The van der Waals surface area contributed by atoms with E-state index in [4.69, 9.17) is 0 Å². The summed E-state index contributed by atoms with van der Waals surface area (Å²) < 4.78 is 16.1. The smallest absolute Gasteiger partial charge is 0.252 e. The van der Waals surface area contributed by atoms with Crippen molar-refractivity contribution >= 4 is 16.8 Å². The molecule has 1 fully saturated rings. The minimum atomic E-state index is -0.406. The fourth-order valence-electron chi connectivity index (χ4n) is 3.36. The topological polar surface area (TPSA) is 66.9 Å². The maximum absolute atomic E-state index is 14.3. The molecule has 5 nitrogen and oxygen atoms in total. The molecule has 1 unspecified atom stereocenters. The Kier molecular flexibility index (Phi) is 3.26. The van der Waals surface area contributed by atoms with Crippen LogP contribution in [0.2, 0.25) is 0 Å². The Bertz CT molecular complexity index is 1020. The van der Waals surface area contributed by atoms with Crippen LogP contribution in [0.25, 0.3) is 22.2 Å². The molecule has 0 radical (unpaired) electrons. The number of fused-ring (bicyclic) bond motifs is 1. The van der Waals surface area contributed by atoms with Gasteiger partial charge >= 0.3 is 0 Å². The molecule has 1 aliphatic heterocycles. The monoisotopic (exact) mass is 325 g/mol. The summed E-state index contributed by atoms with van der Waals surface area (Å²) in [5.74, 6) is -0.865. The quantitative estimate of drug-likeness (QED) is 0.759. The van der Waals surface area contributed by atoms with Gasteiger partial charge in [0, 0.05) is 42.0 Å². The van der Waals surface area contributed by atoms with Crippen molar-refractivity contribution in [3.63, 3.8) is 0 Å². The average molecular weight is 325 g/mol. The first-order valence-corrected chi connectivity index (χ1v) is 7.80. The lowest BCUT2D eigenvalue weighted by Crippen LogP contribution is -2.23.